The average molecular weight is 1700 g/mol. The van der Waals surface area contributed by atoms with Gasteiger partial charge in [0.05, 0.1) is 50.2 Å². The van der Waals surface area contributed by atoms with Gasteiger partial charge in [0, 0.05) is 146 Å². The van der Waals surface area contributed by atoms with E-state index in [1.807, 2.05) is 87.8 Å². The van der Waals surface area contributed by atoms with Crippen LogP contribution in [0.15, 0.2) is 394 Å². The van der Waals surface area contributed by atoms with Crippen molar-refractivity contribution in [2.24, 2.45) is 0 Å². The van der Waals surface area contributed by atoms with Crippen LogP contribution in [-0.4, -0.2) is 44.9 Å². The van der Waals surface area contributed by atoms with E-state index in [1.165, 1.54) is 103 Å². The molecule has 0 unspecified atom stereocenters. The Kier molecular flexibility index (Phi) is 17.2. The summed E-state index contributed by atoms with van der Waals surface area (Å²) in [4.78, 5) is 47.0. The summed E-state index contributed by atoms with van der Waals surface area (Å²) >= 11 is 7.34. The van der Waals surface area contributed by atoms with Crippen molar-refractivity contribution < 1.29 is 0 Å². The van der Waals surface area contributed by atoms with Gasteiger partial charge in [-0.3, -0.25) is 0 Å². The van der Waals surface area contributed by atoms with Gasteiger partial charge in [0.25, 0.3) is 0 Å². The second-order valence-corrected chi connectivity index (χ2v) is 36.7. The molecule has 0 aliphatic rings. The molecule has 0 saturated heterocycles. The molecule has 0 amide bonds. The molecule has 0 bridgehead atoms. The molecule has 0 saturated carbocycles. The second-order valence-electron chi connectivity index (χ2n) is 32.4. The number of para-hydroxylation sites is 3. The summed E-state index contributed by atoms with van der Waals surface area (Å²) < 4.78 is 10.3. The topological polar surface area (TPSA) is 116 Å². The third kappa shape index (κ3) is 12.3. The minimum atomic E-state index is 0.628. The minimum Gasteiger partial charge on any atom is -0.244 e. The van der Waals surface area contributed by atoms with Crippen LogP contribution in [0.1, 0.15) is 0 Å². The van der Waals surface area contributed by atoms with Crippen molar-refractivity contribution in [3.63, 3.8) is 0 Å². The largest absolute Gasteiger partial charge is 0.244 e. The molecular weight excluding hydrogens is 1640 g/mol. The van der Waals surface area contributed by atoms with Gasteiger partial charge in [-0.25, -0.2) is 44.9 Å². The van der Waals surface area contributed by atoms with Crippen LogP contribution in [0.3, 0.4) is 0 Å². The summed E-state index contributed by atoms with van der Waals surface area (Å²) in [5, 5.41) is 25.6. The zero-order chi connectivity index (χ0) is 84.0. The molecule has 128 heavy (non-hydrogen) atoms. The predicted molar refractivity (Wildman–Crippen MR) is 544 cm³/mol. The lowest BCUT2D eigenvalue weighted by atomic mass is 9.93. The third-order valence-electron chi connectivity index (χ3n) is 25.0. The Morgan fingerprint density at radius 3 is 0.828 bits per heavy atom. The van der Waals surface area contributed by atoms with Crippen molar-refractivity contribution in [1.29, 1.82) is 0 Å². The molecule has 13 heteroatoms. The molecule has 0 radical (unpaired) electrons. The van der Waals surface area contributed by atoms with Crippen LogP contribution in [0, 0.1) is 0 Å². The SMILES string of the molecule is c1ccc(-c2cccc3c(-c4nc(-c5nc6cc7c(cc6c6ccccc56)sc5ccccc57)nc5ccccc45)cccc23)cc1.c1ccc(-c2nc(-c3nc4cc5c(cc4c4ccccc34)sc3ccccc35)nc3ccccc23)cc1.c1ccc2c(-c3ccc4sc5ccccc5c4c3)nc(-c3nc4cc5c(cc4c4ccccc34)sc3ccccc35)nc2c1. The number of pyridine rings is 3. The second kappa shape index (κ2) is 30.0. The lowest BCUT2D eigenvalue weighted by Gasteiger charge is -2.14. The Balaban J connectivity index is 0.000000102. The van der Waals surface area contributed by atoms with E-state index in [-0.39, 0.29) is 0 Å². The fourth-order valence-corrected chi connectivity index (χ4v) is 23.5. The zero-order valence-electron chi connectivity index (χ0n) is 68.2. The van der Waals surface area contributed by atoms with Crippen molar-refractivity contribution in [3.05, 3.63) is 394 Å². The van der Waals surface area contributed by atoms with Crippen LogP contribution in [0.2, 0.25) is 0 Å². The Bertz CT molecular complexity index is 9520. The fraction of sp³-hybridized carbons (Fsp3) is 0. The first kappa shape index (κ1) is 73.6. The molecule has 0 N–H and O–H groups in total. The van der Waals surface area contributed by atoms with Crippen molar-refractivity contribution in [2.45, 2.75) is 0 Å². The first-order valence-electron chi connectivity index (χ1n) is 42.7. The molecule has 10 aromatic heterocycles. The van der Waals surface area contributed by atoms with E-state index in [4.69, 9.17) is 44.9 Å². The smallest absolute Gasteiger partial charge is 0.179 e. The summed E-state index contributed by atoms with van der Waals surface area (Å²) in [7, 11) is 0. The summed E-state index contributed by atoms with van der Waals surface area (Å²) in [6.07, 6.45) is 0. The van der Waals surface area contributed by atoms with Crippen molar-refractivity contribution >= 4 is 235 Å². The van der Waals surface area contributed by atoms with Gasteiger partial charge in [0.2, 0.25) is 0 Å². The molecule has 0 aliphatic carbocycles. The standard InChI is InChI=1S/C43H25N3S.C39H21N3S2.C33H19N3S/c1-2-12-26(13-3-1)27-18-10-20-29-28(27)19-11-21-32(29)41-34-17-6-8-22-37(34)45-43(46-41)42-33-16-5-4-14-30(33)35-25-40-36(24-38(35)44-42)31-15-7-9-23-39(31)47-40;1-2-12-26-23(9-1)28-21-36-30(25-11-5-8-16-34(25)44-36)20-32(28)40-38(26)39-41-31-14-6-3-13-27(31)37(42-39)22-17-18-35-29(19-22)24-10-4-7-15-33(24)43-35;1-2-10-20(11-3-1)31-24-15-6-8-16-27(24)35-33(36-31)32-23-14-5-4-12-21(23)25-19-30-26(18-28(25)34-32)22-13-7-9-17-29(22)37-30/h1-25H;1-21H;1-19H. The number of fused-ring (bicyclic) bond motifs is 25. The summed E-state index contributed by atoms with van der Waals surface area (Å²) in [6.45, 7) is 0. The first-order chi connectivity index (χ1) is 63.4. The number of hydrogen-bond acceptors (Lipinski definition) is 13. The van der Waals surface area contributed by atoms with E-state index in [9.17, 15) is 0 Å². The van der Waals surface area contributed by atoms with Crippen molar-refractivity contribution in [1.82, 2.24) is 44.9 Å². The molecule has 594 valence electrons. The Hall–Kier alpha value is -15.9. The molecule has 0 spiro atoms. The Labute approximate surface area is 747 Å². The zero-order valence-corrected chi connectivity index (χ0v) is 71.5. The van der Waals surface area contributed by atoms with E-state index in [2.05, 4.69) is 352 Å². The number of nitrogens with zero attached hydrogens (tertiary/aromatic N) is 9. The molecule has 0 aliphatic heterocycles. The maximum atomic E-state index is 5.38. The number of thiophene rings is 4. The highest BCUT2D eigenvalue weighted by molar-refractivity contribution is 7.27. The monoisotopic (exact) mass is 1700 g/mol. The highest BCUT2D eigenvalue weighted by atomic mass is 32.1. The van der Waals surface area contributed by atoms with Crippen molar-refractivity contribution in [3.8, 4) is 79.5 Å². The van der Waals surface area contributed by atoms with Gasteiger partial charge in [-0.15, -0.1) is 45.3 Å². The minimum absolute atomic E-state index is 0.628. The number of hydrogen-bond donors (Lipinski definition) is 0. The Morgan fingerprint density at radius 1 is 0.125 bits per heavy atom. The van der Waals surface area contributed by atoms with E-state index in [1.54, 1.807) is 0 Å². The molecule has 9 nitrogen and oxygen atoms in total. The maximum Gasteiger partial charge on any atom is 0.179 e. The maximum absolute atomic E-state index is 5.38. The molecular formula is C115H65N9S4. The van der Waals surface area contributed by atoms with Gasteiger partial charge in [-0.05, 0) is 129 Å². The molecule has 0 atom stereocenters. The fourth-order valence-electron chi connectivity index (χ4n) is 19.1. The first-order valence-corrected chi connectivity index (χ1v) is 46.0. The van der Waals surface area contributed by atoms with Gasteiger partial charge >= 0.3 is 0 Å². The third-order valence-corrected chi connectivity index (χ3v) is 29.6. The van der Waals surface area contributed by atoms with Gasteiger partial charge in [-0.2, -0.15) is 0 Å². The number of aromatic nitrogens is 9. The van der Waals surface area contributed by atoms with Crippen LogP contribution >= 0.6 is 45.3 Å². The highest BCUT2D eigenvalue weighted by Gasteiger charge is 2.25. The lowest BCUT2D eigenvalue weighted by Crippen LogP contribution is -1.99. The average Bonchev–Trinajstić information content (AvgIpc) is 1.38. The summed E-state index contributed by atoms with van der Waals surface area (Å²) in [6, 6.07) is 139. The lowest BCUT2D eigenvalue weighted by molar-refractivity contribution is 1.20. The normalized spacial score (nSPS) is 11.9. The number of rotatable bonds is 7. The van der Waals surface area contributed by atoms with E-state index < -0.39 is 0 Å². The quantitative estimate of drug-likeness (QED) is 0.144. The van der Waals surface area contributed by atoms with Crippen LogP contribution in [0.25, 0.3) is 269 Å². The van der Waals surface area contributed by atoms with Crippen LogP contribution < -0.4 is 0 Å². The molecule has 10 heterocycles. The van der Waals surface area contributed by atoms with Gasteiger partial charge in [0.15, 0.2) is 17.5 Å². The molecule has 0 fully saturated rings. The van der Waals surface area contributed by atoms with E-state index in [0.29, 0.717) is 17.5 Å². The van der Waals surface area contributed by atoms with Gasteiger partial charge in [-0.1, -0.05) is 303 Å². The van der Waals surface area contributed by atoms with Crippen LogP contribution in [-0.2, 0) is 0 Å². The van der Waals surface area contributed by atoms with Gasteiger partial charge in [0.1, 0.15) is 17.1 Å². The molecule has 18 aromatic carbocycles. The Morgan fingerprint density at radius 2 is 0.414 bits per heavy atom. The van der Waals surface area contributed by atoms with E-state index in [0.717, 1.165) is 149 Å². The highest BCUT2D eigenvalue weighted by Crippen LogP contribution is 2.47. The van der Waals surface area contributed by atoms with Crippen LogP contribution in [0.5, 0.6) is 0 Å². The summed E-state index contributed by atoms with van der Waals surface area (Å²) in [5.41, 5.74) is 16.4. The molecule has 28 aromatic rings. The predicted octanol–water partition coefficient (Wildman–Crippen LogP) is 32.3. The van der Waals surface area contributed by atoms with Gasteiger partial charge < -0.3 is 0 Å². The number of benzene rings is 18. The van der Waals surface area contributed by atoms with Crippen molar-refractivity contribution in [2.75, 3.05) is 0 Å². The van der Waals surface area contributed by atoms with Crippen LogP contribution in [0.4, 0.5) is 0 Å². The molecule has 28 rings (SSSR count). The summed E-state index contributed by atoms with van der Waals surface area (Å²) in [5.74, 6) is 1.91. The van der Waals surface area contributed by atoms with E-state index >= 15 is 0 Å².